The van der Waals surface area contributed by atoms with Crippen LogP contribution in [0.4, 0.5) is 5.69 Å². The van der Waals surface area contributed by atoms with E-state index < -0.39 is 21.9 Å². The molecule has 0 bridgehead atoms. The number of aromatic amines is 2. The zero-order valence-corrected chi connectivity index (χ0v) is 12.4. The second-order valence-corrected chi connectivity index (χ2v) is 4.65. The monoisotopic (exact) mass is 317 g/mol. The lowest BCUT2D eigenvalue weighted by Crippen LogP contribution is -2.25. The molecular formula is C15H15N3O5. The van der Waals surface area contributed by atoms with E-state index in [-0.39, 0.29) is 5.69 Å². The van der Waals surface area contributed by atoms with Gasteiger partial charge in [0, 0.05) is 5.56 Å². The van der Waals surface area contributed by atoms with Gasteiger partial charge in [0.25, 0.3) is 0 Å². The number of hydrogen-bond donors (Lipinski definition) is 2. The molecule has 120 valence electrons. The topological polar surface area (TPSA) is 118 Å². The molecule has 0 aliphatic heterocycles. The predicted octanol–water partition coefficient (Wildman–Crippen LogP) is 1.93. The summed E-state index contributed by atoms with van der Waals surface area (Å²) in [5.41, 5.74) is -2.07. The number of para-hydroxylation sites is 1. The highest BCUT2D eigenvalue weighted by molar-refractivity contribution is 5.74. The molecule has 2 rings (SSSR count). The first kappa shape index (κ1) is 16.2. The second kappa shape index (κ2) is 7.21. The van der Waals surface area contributed by atoms with Crippen molar-refractivity contribution in [1.29, 1.82) is 0 Å². The molecule has 0 spiro atoms. The fraction of sp³-hybridized carbons (Fsp3) is 0.200. The van der Waals surface area contributed by atoms with E-state index >= 15 is 0 Å². The lowest BCUT2D eigenvalue weighted by molar-refractivity contribution is -0.386. The maximum atomic E-state index is 11.5. The van der Waals surface area contributed by atoms with Crippen molar-refractivity contribution in [2.24, 2.45) is 0 Å². The Morgan fingerprint density at radius 3 is 2.65 bits per heavy atom. The summed E-state index contributed by atoms with van der Waals surface area (Å²) < 4.78 is 5.57. The Morgan fingerprint density at radius 2 is 1.96 bits per heavy atom. The zero-order chi connectivity index (χ0) is 16.8. The highest BCUT2D eigenvalue weighted by Gasteiger charge is 2.18. The second-order valence-electron chi connectivity index (χ2n) is 4.65. The molecule has 0 saturated heterocycles. The van der Waals surface area contributed by atoms with Gasteiger partial charge in [0.2, 0.25) is 0 Å². The number of benzene rings is 1. The first-order valence-electron chi connectivity index (χ1n) is 6.93. The van der Waals surface area contributed by atoms with Crippen LogP contribution in [0.25, 0.3) is 12.2 Å². The molecule has 0 fully saturated rings. The molecule has 0 radical (unpaired) electrons. The first-order chi connectivity index (χ1) is 11.0. The van der Waals surface area contributed by atoms with Crippen LogP contribution in [0.5, 0.6) is 5.75 Å². The van der Waals surface area contributed by atoms with Crippen molar-refractivity contribution in [3.8, 4) is 5.75 Å². The van der Waals surface area contributed by atoms with Crippen molar-refractivity contribution < 1.29 is 9.66 Å². The zero-order valence-electron chi connectivity index (χ0n) is 12.4. The number of nitrogens with zero attached hydrogens (tertiary/aromatic N) is 1. The Hall–Kier alpha value is -3.16. The molecule has 8 heteroatoms. The van der Waals surface area contributed by atoms with Gasteiger partial charge in [-0.05, 0) is 24.6 Å². The van der Waals surface area contributed by atoms with E-state index in [1.807, 2.05) is 11.9 Å². The van der Waals surface area contributed by atoms with E-state index in [9.17, 15) is 19.7 Å². The molecule has 23 heavy (non-hydrogen) atoms. The lowest BCUT2D eigenvalue weighted by Gasteiger charge is -2.07. The fourth-order valence-corrected chi connectivity index (χ4v) is 1.93. The Kier molecular flexibility index (Phi) is 5.08. The van der Waals surface area contributed by atoms with Gasteiger partial charge in [0.1, 0.15) is 11.4 Å². The van der Waals surface area contributed by atoms with Gasteiger partial charge in [0.15, 0.2) is 0 Å². The molecule has 8 nitrogen and oxygen atoms in total. The highest BCUT2D eigenvalue weighted by atomic mass is 16.6. The van der Waals surface area contributed by atoms with Crippen LogP contribution in [0.2, 0.25) is 0 Å². The van der Waals surface area contributed by atoms with E-state index in [2.05, 4.69) is 4.98 Å². The number of aromatic nitrogens is 2. The Morgan fingerprint density at radius 1 is 1.22 bits per heavy atom. The van der Waals surface area contributed by atoms with Gasteiger partial charge >= 0.3 is 16.9 Å². The van der Waals surface area contributed by atoms with E-state index in [4.69, 9.17) is 4.74 Å². The molecular weight excluding hydrogens is 302 g/mol. The Bertz CT molecular complexity index is 851. The van der Waals surface area contributed by atoms with E-state index in [0.29, 0.717) is 17.9 Å². The molecule has 0 amide bonds. The van der Waals surface area contributed by atoms with Gasteiger partial charge in [0.05, 0.1) is 11.5 Å². The quantitative estimate of drug-likeness (QED) is 0.623. The van der Waals surface area contributed by atoms with E-state index in [0.717, 1.165) is 6.42 Å². The smallest absolute Gasteiger partial charge is 0.357 e. The standard InChI is InChI=1S/C15H15N3O5/c1-2-9-23-12-6-4-3-5-10(12)7-8-11-13(18(21)22)14(19)17-15(20)16-11/h3-8H,2,9H2,1H3,(H2,16,17,19,20). The first-order valence-corrected chi connectivity index (χ1v) is 6.93. The van der Waals surface area contributed by atoms with Crippen LogP contribution in [0, 0.1) is 10.1 Å². The summed E-state index contributed by atoms with van der Waals surface area (Å²) in [7, 11) is 0. The molecule has 0 unspecified atom stereocenters. The minimum atomic E-state index is -1.05. The molecule has 1 aromatic heterocycles. The predicted molar refractivity (Wildman–Crippen MR) is 85.5 cm³/mol. The highest BCUT2D eigenvalue weighted by Crippen LogP contribution is 2.21. The largest absolute Gasteiger partial charge is 0.493 e. The van der Waals surface area contributed by atoms with Crippen LogP contribution in [0.3, 0.4) is 0 Å². The van der Waals surface area contributed by atoms with Crippen LogP contribution in [0.1, 0.15) is 24.6 Å². The average molecular weight is 317 g/mol. The van der Waals surface area contributed by atoms with Gasteiger partial charge < -0.3 is 9.72 Å². The van der Waals surface area contributed by atoms with Crippen LogP contribution in [0.15, 0.2) is 33.9 Å². The van der Waals surface area contributed by atoms with Crippen molar-refractivity contribution in [2.45, 2.75) is 13.3 Å². The molecule has 0 atom stereocenters. The number of nitro groups is 1. The summed E-state index contributed by atoms with van der Waals surface area (Å²) in [6.45, 7) is 2.51. The number of ether oxygens (including phenoxy) is 1. The van der Waals surface area contributed by atoms with Gasteiger partial charge in [-0.25, -0.2) is 4.79 Å². The summed E-state index contributed by atoms with van der Waals surface area (Å²) in [5, 5.41) is 11.0. The number of H-pyrrole nitrogens is 2. The average Bonchev–Trinajstić information content (AvgIpc) is 2.50. The lowest BCUT2D eigenvalue weighted by atomic mass is 10.1. The minimum absolute atomic E-state index is 0.172. The van der Waals surface area contributed by atoms with E-state index in [1.54, 1.807) is 30.3 Å². The number of nitrogens with one attached hydrogen (secondary N) is 2. The van der Waals surface area contributed by atoms with E-state index in [1.165, 1.54) is 6.08 Å². The molecule has 2 N–H and O–H groups in total. The third-order valence-corrected chi connectivity index (χ3v) is 2.94. The SMILES string of the molecule is CCCOc1ccccc1C=Cc1[nH]c(=O)[nH]c(=O)c1[N+](=O)[O-]. The molecule has 0 saturated carbocycles. The molecule has 0 aliphatic carbocycles. The maximum Gasteiger partial charge on any atom is 0.357 e. The summed E-state index contributed by atoms with van der Waals surface area (Å²) in [6, 6.07) is 7.12. The third-order valence-electron chi connectivity index (χ3n) is 2.94. The van der Waals surface area contributed by atoms with Crippen LogP contribution in [-0.2, 0) is 0 Å². The van der Waals surface area contributed by atoms with Gasteiger partial charge in [-0.2, -0.15) is 0 Å². The summed E-state index contributed by atoms with van der Waals surface area (Å²) in [5.74, 6) is 0.612. The summed E-state index contributed by atoms with van der Waals surface area (Å²) >= 11 is 0. The van der Waals surface area contributed by atoms with Crippen molar-refractivity contribution in [2.75, 3.05) is 6.61 Å². The Balaban J connectivity index is 2.44. The normalized spacial score (nSPS) is 10.8. The van der Waals surface area contributed by atoms with Crippen molar-refractivity contribution in [3.05, 3.63) is 66.5 Å². The van der Waals surface area contributed by atoms with Crippen LogP contribution >= 0.6 is 0 Å². The molecule has 1 aromatic carbocycles. The summed E-state index contributed by atoms with van der Waals surface area (Å²) in [6.07, 6.45) is 3.69. The minimum Gasteiger partial charge on any atom is -0.493 e. The molecule has 2 aromatic rings. The molecule has 0 aliphatic rings. The van der Waals surface area contributed by atoms with Crippen molar-refractivity contribution in [1.82, 2.24) is 9.97 Å². The molecule has 1 heterocycles. The van der Waals surface area contributed by atoms with Gasteiger partial charge in [-0.3, -0.25) is 19.9 Å². The van der Waals surface area contributed by atoms with Crippen molar-refractivity contribution >= 4 is 17.8 Å². The van der Waals surface area contributed by atoms with Gasteiger partial charge in [-0.15, -0.1) is 0 Å². The maximum absolute atomic E-state index is 11.5. The van der Waals surface area contributed by atoms with Gasteiger partial charge in [-0.1, -0.05) is 25.1 Å². The van der Waals surface area contributed by atoms with Crippen LogP contribution < -0.4 is 16.0 Å². The van der Waals surface area contributed by atoms with Crippen molar-refractivity contribution in [3.63, 3.8) is 0 Å². The summed E-state index contributed by atoms with van der Waals surface area (Å²) in [4.78, 5) is 37.1. The Labute approximate surface area is 130 Å². The number of rotatable bonds is 6. The van der Waals surface area contributed by atoms with Crippen LogP contribution in [-0.4, -0.2) is 21.5 Å². The fourth-order valence-electron chi connectivity index (χ4n) is 1.93. The number of hydrogen-bond acceptors (Lipinski definition) is 5. The third kappa shape index (κ3) is 3.94.